The van der Waals surface area contributed by atoms with Crippen molar-refractivity contribution < 1.29 is 0 Å². The molecule has 23 heavy (non-hydrogen) atoms. The molecule has 6 heteroatoms. The van der Waals surface area contributed by atoms with Crippen LogP contribution in [-0.4, -0.2) is 86.6 Å². The maximum absolute atomic E-state index is 4.43. The number of nitrogens with zero attached hydrogens (tertiary/aromatic N) is 4. The molecule has 0 aliphatic carbocycles. The van der Waals surface area contributed by atoms with Crippen LogP contribution >= 0.6 is 24.0 Å². The van der Waals surface area contributed by atoms with E-state index in [1.807, 2.05) is 13.1 Å². The zero-order valence-electron chi connectivity index (χ0n) is 14.8. The molecule has 0 aromatic heterocycles. The largest absolute Gasteiger partial charge is 0.355 e. The zero-order chi connectivity index (χ0) is 15.8. The van der Waals surface area contributed by atoms with E-state index in [9.17, 15) is 0 Å². The third-order valence-electron chi connectivity index (χ3n) is 4.86. The van der Waals surface area contributed by atoms with Crippen LogP contribution in [0.5, 0.6) is 0 Å². The molecule has 1 N–H and O–H groups in total. The molecule has 0 saturated carbocycles. The van der Waals surface area contributed by atoms with Crippen LogP contribution in [0.3, 0.4) is 0 Å². The van der Waals surface area contributed by atoms with Crippen LogP contribution < -0.4 is 5.32 Å². The molecule has 2 bridgehead atoms. The molecule has 1 unspecified atom stereocenters. The van der Waals surface area contributed by atoms with E-state index in [0.29, 0.717) is 6.04 Å². The molecule has 3 saturated heterocycles. The fourth-order valence-corrected chi connectivity index (χ4v) is 3.43. The minimum absolute atomic E-state index is 0. The van der Waals surface area contributed by atoms with Gasteiger partial charge in [-0.05, 0) is 19.3 Å². The van der Waals surface area contributed by atoms with Gasteiger partial charge in [0.15, 0.2) is 5.96 Å². The predicted octanol–water partition coefficient (Wildman–Crippen LogP) is 1.86. The predicted molar refractivity (Wildman–Crippen MR) is 110 cm³/mol. The molecule has 1 atom stereocenters. The van der Waals surface area contributed by atoms with Crippen molar-refractivity contribution in [2.45, 2.75) is 31.7 Å². The third kappa shape index (κ3) is 6.58. The average Bonchev–Trinajstić information content (AvgIpc) is 2.56. The van der Waals surface area contributed by atoms with E-state index < -0.39 is 0 Å². The molecule has 3 aliphatic heterocycles. The molecule has 3 rings (SSSR count). The van der Waals surface area contributed by atoms with Gasteiger partial charge >= 0.3 is 0 Å². The Bertz CT molecular complexity index is 366. The Morgan fingerprint density at radius 2 is 2.00 bits per heavy atom. The van der Waals surface area contributed by atoms with Gasteiger partial charge in [-0.15, -0.1) is 30.6 Å². The summed E-state index contributed by atoms with van der Waals surface area (Å²) in [4.78, 5) is 11.9. The number of guanidine groups is 1. The standard InChI is InChI=1S/C17H33N5.HI/c1-4-5-6-7-8-9-20(3)17(18-2)19-14-16-15-21-10-12-22(16)13-11-21;/h4,16H,1,5-15H2,2-3H3,(H,18,19);1H. The van der Waals surface area contributed by atoms with Gasteiger partial charge in [0.2, 0.25) is 0 Å². The molecule has 3 fully saturated rings. The molecule has 134 valence electrons. The van der Waals surface area contributed by atoms with Gasteiger partial charge in [-0.1, -0.05) is 12.5 Å². The molecule has 5 nitrogen and oxygen atoms in total. The molecule has 3 heterocycles. The van der Waals surface area contributed by atoms with Crippen LogP contribution in [0.25, 0.3) is 0 Å². The highest BCUT2D eigenvalue weighted by molar-refractivity contribution is 14.0. The lowest BCUT2D eigenvalue weighted by Gasteiger charge is -2.47. The Balaban J connectivity index is 0.00000264. The van der Waals surface area contributed by atoms with Crippen molar-refractivity contribution >= 4 is 29.9 Å². The lowest BCUT2D eigenvalue weighted by atomic mass is 10.1. The molecule has 0 aromatic rings. The maximum atomic E-state index is 4.43. The fourth-order valence-electron chi connectivity index (χ4n) is 3.43. The number of nitrogens with one attached hydrogen (secondary N) is 1. The second-order valence-electron chi connectivity index (χ2n) is 6.48. The molecule has 0 amide bonds. The van der Waals surface area contributed by atoms with E-state index in [1.165, 1.54) is 52.0 Å². The van der Waals surface area contributed by atoms with Crippen molar-refractivity contribution in [1.82, 2.24) is 20.0 Å². The number of piperazine rings is 3. The minimum Gasteiger partial charge on any atom is -0.355 e. The molecule has 0 radical (unpaired) electrons. The van der Waals surface area contributed by atoms with E-state index in [2.05, 4.69) is 38.6 Å². The SMILES string of the molecule is C=CCCCCCN(C)C(=NC)NCC1CN2CCN1CC2.I. The Morgan fingerprint density at radius 1 is 1.26 bits per heavy atom. The van der Waals surface area contributed by atoms with Crippen molar-refractivity contribution in [2.75, 3.05) is 59.9 Å². The monoisotopic (exact) mass is 435 g/mol. The van der Waals surface area contributed by atoms with E-state index >= 15 is 0 Å². The van der Waals surface area contributed by atoms with Gasteiger partial charge in [0.25, 0.3) is 0 Å². The summed E-state index contributed by atoms with van der Waals surface area (Å²) in [6.07, 6.45) is 6.86. The van der Waals surface area contributed by atoms with Crippen molar-refractivity contribution in [2.24, 2.45) is 4.99 Å². The highest BCUT2D eigenvalue weighted by atomic mass is 127. The van der Waals surface area contributed by atoms with Crippen LogP contribution in [0.15, 0.2) is 17.6 Å². The Kier molecular flexibility index (Phi) is 10.1. The number of halogens is 1. The summed E-state index contributed by atoms with van der Waals surface area (Å²) in [7, 11) is 4.02. The quantitative estimate of drug-likeness (QED) is 0.208. The average molecular weight is 435 g/mol. The molecular weight excluding hydrogens is 401 g/mol. The maximum Gasteiger partial charge on any atom is 0.193 e. The topological polar surface area (TPSA) is 34.1 Å². The number of fused-ring (bicyclic) bond motifs is 3. The molecule has 3 aliphatic rings. The Labute approximate surface area is 159 Å². The van der Waals surface area contributed by atoms with Crippen LogP contribution in [0, 0.1) is 0 Å². The third-order valence-corrected chi connectivity index (χ3v) is 4.86. The number of hydrogen-bond donors (Lipinski definition) is 1. The van der Waals surface area contributed by atoms with Crippen LogP contribution in [0.1, 0.15) is 25.7 Å². The van der Waals surface area contributed by atoms with Crippen LogP contribution in [0.2, 0.25) is 0 Å². The molecular formula is C17H34IN5. The fraction of sp³-hybridized carbons (Fsp3) is 0.824. The number of allylic oxidation sites excluding steroid dienone is 1. The van der Waals surface area contributed by atoms with E-state index in [4.69, 9.17) is 0 Å². The molecule has 0 spiro atoms. The number of unbranched alkanes of at least 4 members (excludes halogenated alkanes) is 3. The summed E-state index contributed by atoms with van der Waals surface area (Å²) in [5.74, 6) is 1.03. The first-order chi connectivity index (χ1) is 10.7. The summed E-state index contributed by atoms with van der Waals surface area (Å²) in [6.45, 7) is 12.0. The van der Waals surface area contributed by atoms with E-state index in [-0.39, 0.29) is 24.0 Å². The first-order valence-corrected chi connectivity index (χ1v) is 8.73. The van der Waals surface area contributed by atoms with E-state index in [0.717, 1.165) is 25.5 Å². The smallest absolute Gasteiger partial charge is 0.193 e. The first-order valence-electron chi connectivity index (χ1n) is 8.73. The van der Waals surface area contributed by atoms with Crippen molar-refractivity contribution in [3.05, 3.63) is 12.7 Å². The zero-order valence-corrected chi connectivity index (χ0v) is 17.2. The number of aliphatic imine (C=N–C) groups is 1. The summed E-state index contributed by atoms with van der Waals surface area (Å²) in [6, 6.07) is 0.639. The van der Waals surface area contributed by atoms with Crippen molar-refractivity contribution in [3.63, 3.8) is 0 Å². The summed E-state index contributed by atoms with van der Waals surface area (Å²) < 4.78 is 0. The molecule has 0 aromatic carbocycles. The van der Waals surface area contributed by atoms with Gasteiger partial charge in [-0.2, -0.15) is 0 Å². The van der Waals surface area contributed by atoms with Crippen LogP contribution in [-0.2, 0) is 0 Å². The van der Waals surface area contributed by atoms with Gasteiger partial charge in [0.1, 0.15) is 0 Å². The van der Waals surface area contributed by atoms with Gasteiger partial charge in [-0.3, -0.25) is 14.8 Å². The normalized spacial score (nSPS) is 26.5. The lowest BCUT2D eigenvalue weighted by molar-refractivity contribution is 0.0152. The van der Waals surface area contributed by atoms with Gasteiger partial charge in [-0.25, -0.2) is 0 Å². The van der Waals surface area contributed by atoms with Crippen molar-refractivity contribution in [3.8, 4) is 0 Å². The second-order valence-corrected chi connectivity index (χ2v) is 6.48. The first kappa shape index (κ1) is 20.7. The Hall–Kier alpha value is -0.340. The summed E-state index contributed by atoms with van der Waals surface area (Å²) in [5.41, 5.74) is 0. The minimum atomic E-state index is 0. The van der Waals surface area contributed by atoms with Crippen molar-refractivity contribution in [1.29, 1.82) is 0 Å². The highest BCUT2D eigenvalue weighted by Crippen LogP contribution is 2.14. The van der Waals surface area contributed by atoms with Gasteiger partial charge in [0.05, 0.1) is 0 Å². The number of hydrogen-bond acceptors (Lipinski definition) is 3. The summed E-state index contributed by atoms with van der Waals surface area (Å²) in [5, 5.41) is 3.57. The number of rotatable bonds is 8. The van der Waals surface area contributed by atoms with Gasteiger partial charge in [0, 0.05) is 66.0 Å². The van der Waals surface area contributed by atoms with Gasteiger partial charge < -0.3 is 10.2 Å². The second kappa shape index (κ2) is 11.3. The van der Waals surface area contributed by atoms with E-state index in [1.54, 1.807) is 0 Å². The lowest BCUT2D eigenvalue weighted by Crippen LogP contribution is -2.63. The highest BCUT2D eigenvalue weighted by Gasteiger charge is 2.31. The van der Waals surface area contributed by atoms with Crippen LogP contribution in [0.4, 0.5) is 0 Å². The summed E-state index contributed by atoms with van der Waals surface area (Å²) >= 11 is 0. The Morgan fingerprint density at radius 3 is 2.57 bits per heavy atom.